The quantitative estimate of drug-likeness (QED) is 0.891. The van der Waals surface area contributed by atoms with E-state index in [1.807, 2.05) is 10.9 Å². The van der Waals surface area contributed by atoms with Gasteiger partial charge in [0.25, 0.3) is 0 Å². The molecule has 0 bridgehead atoms. The second-order valence-corrected chi connectivity index (χ2v) is 7.61. The largest absolute Gasteiger partial charge is 0.336 e. The fourth-order valence-corrected chi connectivity index (χ4v) is 4.38. The molecular formula is C18H25N7O. The van der Waals surface area contributed by atoms with Crippen molar-refractivity contribution in [1.82, 2.24) is 29.8 Å². The maximum atomic E-state index is 11.8. The third-order valence-corrected chi connectivity index (χ3v) is 5.89. The van der Waals surface area contributed by atoms with Crippen molar-refractivity contribution < 1.29 is 4.79 Å². The number of carbonyl (C=O) groups excluding carboxylic acids is 1. The van der Waals surface area contributed by atoms with E-state index in [0.717, 1.165) is 31.7 Å². The molecule has 2 saturated heterocycles. The number of rotatable bonds is 4. The third-order valence-electron chi connectivity index (χ3n) is 5.89. The van der Waals surface area contributed by atoms with Gasteiger partial charge in [0, 0.05) is 46.0 Å². The number of amides is 2. The molecule has 0 saturated carbocycles. The average molecular weight is 355 g/mol. The summed E-state index contributed by atoms with van der Waals surface area (Å²) in [5, 5.41) is 12.0. The molecule has 0 unspecified atom stereocenters. The summed E-state index contributed by atoms with van der Waals surface area (Å²) in [6, 6.07) is 0.360. The molecule has 0 atom stereocenters. The van der Waals surface area contributed by atoms with E-state index in [-0.39, 0.29) is 6.03 Å². The van der Waals surface area contributed by atoms with Gasteiger partial charge in [-0.2, -0.15) is 10.2 Å². The molecule has 0 spiro atoms. The molecule has 8 nitrogen and oxygen atoms in total. The van der Waals surface area contributed by atoms with E-state index in [2.05, 4.69) is 27.0 Å². The lowest BCUT2D eigenvalue weighted by molar-refractivity contribution is 0.0879. The number of nitrogens with one attached hydrogen (secondary N) is 1. The second kappa shape index (κ2) is 6.12. The first-order valence-electron chi connectivity index (χ1n) is 9.54. The van der Waals surface area contributed by atoms with E-state index in [1.54, 1.807) is 11.1 Å². The van der Waals surface area contributed by atoms with Crippen LogP contribution < -0.4 is 10.2 Å². The van der Waals surface area contributed by atoms with E-state index in [1.165, 1.54) is 36.2 Å². The first-order valence-corrected chi connectivity index (χ1v) is 9.54. The number of hydrogen-bond donors (Lipinski definition) is 1. The van der Waals surface area contributed by atoms with Gasteiger partial charge < -0.3 is 5.32 Å². The lowest BCUT2D eigenvalue weighted by Gasteiger charge is -2.39. The van der Waals surface area contributed by atoms with Gasteiger partial charge >= 0.3 is 6.03 Å². The van der Waals surface area contributed by atoms with Crippen LogP contribution in [0.5, 0.6) is 0 Å². The zero-order chi connectivity index (χ0) is 17.7. The molecule has 26 heavy (non-hydrogen) atoms. The Morgan fingerprint density at radius 2 is 2.12 bits per heavy atom. The van der Waals surface area contributed by atoms with E-state index >= 15 is 0 Å². The molecule has 8 heteroatoms. The molecule has 1 aliphatic carbocycles. The molecule has 5 rings (SSSR count). The topological polar surface area (TPSA) is 71.2 Å². The zero-order valence-electron chi connectivity index (χ0n) is 15.2. The Hall–Kier alpha value is -2.35. The van der Waals surface area contributed by atoms with Crippen molar-refractivity contribution in [3.8, 4) is 0 Å². The van der Waals surface area contributed by atoms with Crippen molar-refractivity contribution in [1.29, 1.82) is 0 Å². The monoisotopic (exact) mass is 355 g/mol. The maximum Gasteiger partial charge on any atom is 0.322 e. The summed E-state index contributed by atoms with van der Waals surface area (Å²) in [7, 11) is 2.08. The van der Waals surface area contributed by atoms with E-state index in [9.17, 15) is 4.79 Å². The smallest absolute Gasteiger partial charge is 0.322 e. The van der Waals surface area contributed by atoms with Crippen LogP contribution in [-0.4, -0.2) is 56.7 Å². The first-order chi connectivity index (χ1) is 12.7. The Kier molecular flexibility index (Phi) is 3.74. The number of hydrogen-bond acceptors (Lipinski definition) is 4. The maximum absolute atomic E-state index is 11.8. The van der Waals surface area contributed by atoms with Crippen LogP contribution in [0.1, 0.15) is 35.8 Å². The van der Waals surface area contributed by atoms with Crippen LogP contribution in [0.4, 0.5) is 10.5 Å². The van der Waals surface area contributed by atoms with Gasteiger partial charge in [0.15, 0.2) is 0 Å². The highest BCUT2D eigenvalue weighted by Gasteiger charge is 2.32. The van der Waals surface area contributed by atoms with Gasteiger partial charge in [0.05, 0.1) is 29.3 Å². The Bertz CT molecular complexity index is 833. The minimum absolute atomic E-state index is 0.0271. The Balaban J connectivity index is 1.23. The van der Waals surface area contributed by atoms with Gasteiger partial charge in [0.2, 0.25) is 0 Å². The van der Waals surface area contributed by atoms with E-state index in [0.29, 0.717) is 19.1 Å². The van der Waals surface area contributed by atoms with Gasteiger partial charge in [-0.3, -0.25) is 19.2 Å². The van der Waals surface area contributed by atoms with Crippen molar-refractivity contribution in [3.05, 3.63) is 29.3 Å². The molecule has 1 N–H and O–H groups in total. The van der Waals surface area contributed by atoms with Gasteiger partial charge in [-0.15, -0.1) is 0 Å². The molecule has 2 aliphatic heterocycles. The van der Waals surface area contributed by atoms with Gasteiger partial charge in [0.1, 0.15) is 0 Å². The van der Waals surface area contributed by atoms with E-state index < -0.39 is 0 Å². The number of nitrogens with zero attached hydrogens (tertiary/aromatic N) is 6. The molecule has 2 fully saturated rings. The summed E-state index contributed by atoms with van der Waals surface area (Å²) in [6.07, 6.45) is 8.66. The van der Waals surface area contributed by atoms with Crippen LogP contribution in [-0.2, 0) is 26.4 Å². The highest BCUT2D eigenvalue weighted by Crippen LogP contribution is 2.29. The predicted octanol–water partition coefficient (Wildman–Crippen LogP) is 1.08. The fraction of sp³-hybridized carbons (Fsp3) is 0.611. The molecule has 0 radical (unpaired) electrons. The van der Waals surface area contributed by atoms with Gasteiger partial charge in [-0.05, 0) is 31.2 Å². The van der Waals surface area contributed by atoms with Crippen molar-refractivity contribution >= 4 is 11.7 Å². The minimum atomic E-state index is -0.0271. The van der Waals surface area contributed by atoms with Gasteiger partial charge in [-0.1, -0.05) is 0 Å². The van der Waals surface area contributed by atoms with Crippen molar-refractivity contribution in [2.24, 2.45) is 7.05 Å². The molecule has 2 aromatic heterocycles. The fourth-order valence-electron chi connectivity index (χ4n) is 4.38. The second-order valence-electron chi connectivity index (χ2n) is 7.61. The summed E-state index contributed by atoms with van der Waals surface area (Å²) in [6.45, 7) is 4.38. The minimum Gasteiger partial charge on any atom is -0.336 e. The third kappa shape index (κ3) is 2.59. The van der Waals surface area contributed by atoms with E-state index in [4.69, 9.17) is 5.10 Å². The summed E-state index contributed by atoms with van der Waals surface area (Å²) < 4.78 is 4.09. The highest BCUT2D eigenvalue weighted by molar-refractivity contribution is 5.93. The molecule has 4 heterocycles. The van der Waals surface area contributed by atoms with Crippen molar-refractivity contribution in [2.75, 3.05) is 31.1 Å². The number of aryl methyl sites for hydroxylation is 2. The molecule has 0 aromatic carbocycles. The summed E-state index contributed by atoms with van der Waals surface area (Å²) in [4.78, 5) is 16.0. The molecule has 3 aliphatic rings. The lowest BCUT2D eigenvalue weighted by Crippen LogP contribution is -2.47. The summed E-state index contributed by atoms with van der Waals surface area (Å²) in [5.74, 6) is 0. The molecular weight excluding hydrogens is 330 g/mol. The van der Waals surface area contributed by atoms with Crippen LogP contribution in [0.2, 0.25) is 0 Å². The molecule has 2 aromatic rings. The van der Waals surface area contributed by atoms with Crippen LogP contribution in [0.3, 0.4) is 0 Å². The SMILES string of the molecule is Cn1nc2c(c1CN1CC(n3cc(N4CCNC4=O)cn3)C1)CCCC2. The van der Waals surface area contributed by atoms with Crippen LogP contribution in [0, 0.1) is 0 Å². The standard InChI is InChI=1S/C18H25N7O/c1-22-17(15-4-2-3-5-16(15)21-22)12-23-9-14(10-23)25-11-13(8-20-25)24-7-6-19-18(24)26/h8,11,14H,2-7,9-10,12H2,1H3,(H,19,26). The summed E-state index contributed by atoms with van der Waals surface area (Å²) in [5.41, 5.74) is 5.07. The van der Waals surface area contributed by atoms with Gasteiger partial charge in [-0.25, -0.2) is 4.79 Å². The number of carbonyl (C=O) groups is 1. The number of urea groups is 1. The Labute approximate surface area is 152 Å². The van der Waals surface area contributed by atoms with Crippen LogP contribution >= 0.6 is 0 Å². The van der Waals surface area contributed by atoms with Crippen molar-refractivity contribution in [2.45, 2.75) is 38.3 Å². The Morgan fingerprint density at radius 3 is 2.92 bits per heavy atom. The summed E-state index contributed by atoms with van der Waals surface area (Å²) >= 11 is 0. The average Bonchev–Trinajstić information content (AvgIpc) is 3.29. The van der Waals surface area contributed by atoms with Crippen LogP contribution in [0.15, 0.2) is 12.4 Å². The van der Waals surface area contributed by atoms with Crippen LogP contribution in [0.25, 0.3) is 0 Å². The first kappa shape index (κ1) is 15.9. The number of likely N-dealkylation sites (tertiary alicyclic amines) is 1. The number of aromatic nitrogens is 4. The molecule has 2 amide bonds. The molecule has 138 valence electrons. The predicted molar refractivity (Wildman–Crippen MR) is 97.1 cm³/mol. The zero-order valence-corrected chi connectivity index (χ0v) is 15.2. The lowest BCUT2D eigenvalue weighted by atomic mass is 9.95. The highest BCUT2D eigenvalue weighted by atomic mass is 16.2. The Morgan fingerprint density at radius 1 is 1.27 bits per heavy atom. The van der Waals surface area contributed by atoms with Crippen molar-refractivity contribution in [3.63, 3.8) is 0 Å². The number of fused-ring (bicyclic) bond motifs is 1. The number of anilines is 1. The normalized spacial score (nSPS) is 21.0.